The number of carbonyl (C=O) groups is 2. The third kappa shape index (κ3) is 13.1. The van der Waals surface area contributed by atoms with E-state index in [1.54, 1.807) is 54.1 Å². The van der Waals surface area contributed by atoms with Crippen LogP contribution in [0.25, 0.3) is 82.3 Å². The summed E-state index contributed by atoms with van der Waals surface area (Å²) in [5.41, 5.74) is 5.22. The molecule has 0 saturated carbocycles. The van der Waals surface area contributed by atoms with E-state index in [4.69, 9.17) is 19.9 Å². The second-order valence-electron chi connectivity index (χ2n) is 16.1. The molecular weight excluding hydrogens is 1070 g/mol. The van der Waals surface area contributed by atoms with Gasteiger partial charge in [0.05, 0.1) is 28.5 Å². The van der Waals surface area contributed by atoms with Crippen molar-refractivity contribution in [2.24, 2.45) is 0 Å². The van der Waals surface area contributed by atoms with Crippen molar-refractivity contribution in [2.45, 2.75) is 45.2 Å². The molecule has 0 amide bonds. The van der Waals surface area contributed by atoms with Gasteiger partial charge in [-0.2, -0.15) is 18.3 Å². The van der Waals surface area contributed by atoms with Crippen LogP contribution in [0.4, 0.5) is 13.2 Å². The maximum Gasteiger partial charge on any atom is 2.00 e. The van der Waals surface area contributed by atoms with Gasteiger partial charge in [-0.3, -0.25) is 24.5 Å². The number of halogens is 3. The number of fused-ring (bicyclic) bond motifs is 6. The van der Waals surface area contributed by atoms with Crippen molar-refractivity contribution in [2.75, 3.05) is 0 Å². The molecule has 6 aromatic heterocycles. The van der Waals surface area contributed by atoms with Crippen LogP contribution in [0, 0.1) is 11.8 Å². The topological polar surface area (TPSA) is 153 Å². The molecule has 0 bridgehead atoms. The summed E-state index contributed by atoms with van der Waals surface area (Å²) in [6.07, 6.45) is 6.04. The van der Waals surface area contributed by atoms with Crippen molar-refractivity contribution in [3.63, 3.8) is 0 Å². The van der Waals surface area contributed by atoms with Crippen molar-refractivity contribution in [3.8, 4) is 67.9 Å². The van der Waals surface area contributed by atoms with Crippen molar-refractivity contribution in [1.82, 2.24) is 30.1 Å². The maximum absolute atomic E-state index is 12.7. The summed E-state index contributed by atoms with van der Waals surface area (Å²) in [6, 6.07) is 39.9. The number of thiocarbonyl (C=S) groups is 1. The first-order valence-electron chi connectivity index (χ1n) is 22.7. The molecule has 0 atom stereocenters. The van der Waals surface area contributed by atoms with Crippen LogP contribution < -0.4 is 14.6 Å². The number of pyridine rings is 4. The van der Waals surface area contributed by atoms with E-state index < -0.39 is 11.9 Å². The van der Waals surface area contributed by atoms with Gasteiger partial charge < -0.3 is 25.1 Å². The van der Waals surface area contributed by atoms with Gasteiger partial charge in [0.25, 0.3) is 12.9 Å². The van der Waals surface area contributed by atoms with Crippen molar-refractivity contribution < 1.29 is 51.7 Å². The number of hydrogen-bond donors (Lipinski definition) is 0. The number of ether oxygens (including phenoxy) is 2. The number of benzene rings is 4. The van der Waals surface area contributed by atoms with Gasteiger partial charge in [0, 0.05) is 52.8 Å². The zero-order valence-electron chi connectivity index (χ0n) is 39.2. The second kappa shape index (κ2) is 25.5. The minimum Gasteiger partial charge on any atom is -0.753 e. The first kappa shape index (κ1) is 53.7. The number of isothiocyanates is 1. The molecule has 0 spiro atoms. The van der Waals surface area contributed by atoms with E-state index in [1.807, 2.05) is 24.3 Å². The van der Waals surface area contributed by atoms with Gasteiger partial charge in [0.1, 0.15) is 17.2 Å². The van der Waals surface area contributed by atoms with Gasteiger partial charge in [-0.05, 0) is 116 Å². The number of nitrogens with zero attached hydrogens (tertiary/aromatic N) is 7. The summed E-state index contributed by atoms with van der Waals surface area (Å²) < 4.78 is 48.3. The van der Waals surface area contributed by atoms with E-state index in [9.17, 15) is 22.8 Å². The molecule has 74 heavy (non-hydrogen) atoms. The van der Waals surface area contributed by atoms with Crippen molar-refractivity contribution in [3.05, 3.63) is 179 Å². The average molecular weight is 1110 g/mol. The van der Waals surface area contributed by atoms with Crippen molar-refractivity contribution in [1.29, 1.82) is 0 Å². The third-order valence-corrected chi connectivity index (χ3v) is 12.4. The Balaban J connectivity index is 0.000000228. The Labute approximate surface area is 445 Å². The number of rotatable bonds is 13. The van der Waals surface area contributed by atoms with Gasteiger partial charge in [0.15, 0.2) is 0 Å². The molecular formula is C57H40F3N7O4RuS2. The molecule has 0 unspecified atom stereocenters. The molecule has 17 heteroatoms. The number of aryl methyl sites for hydroxylation is 1. The Morgan fingerprint density at radius 2 is 1.22 bits per heavy atom. The van der Waals surface area contributed by atoms with E-state index in [0.717, 1.165) is 45.9 Å². The fourth-order valence-electron chi connectivity index (χ4n) is 8.15. The zero-order valence-corrected chi connectivity index (χ0v) is 42.6. The SMILES string of the molecule is CCCCCCc1ccsc1-c1ccnc(-c2cc(C(F)(F)F)n[n-]2)c1.O=COc1ccnc(-c2cc(OC=O)cc(-c3cc(C#Cc4ccc5c6ccccc6c6ccccc6c5c4)ccn3)n2)c1.[N-]=C=S.[Ru+2]. The van der Waals surface area contributed by atoms with Crippen LogP contribution in [0.5, 0.6) is 11.5 Å². The molecule has 0 fully saturated rings. The van der Waals surface area contributed by atoms with E-state index in [0.29, 0.717) is 47.2 Å². The summed E-state index contributed by atoms with van der Waals surface area (Å²) >= 11 is 5.34. The minimum atomic E-state index is -4.50. The second-order valence-corrected chi connectivity index (χ2v) is 17.2. The standard InChI is InChI=1S/C37H21N3O4.C19H19F3N3S.CNS.Ru/c41-22-43-26-14-16-39-35(19-26)37-21-27(44-23-42)20-36(40-37)34-18-25(13-15-38-34)10-9-24-11-12-32-30-7-2-1-5-28(30)29-6-3-4-8-31(29)33(32)17-24;1-2-3-4-5-6-13-8-10-26-18(13)14-7-9-23-15(11-14)16-12-17(25-24-16)19(20,21)22;2-1-3;/h1-8,11-23H;7-12H,2-6H2,1H3;;/q;2*-1;+2. The van der Waals surface area contributed by atoms with Gasteiger partial charge in [0.2, 0.25) is 0 Å². The number of alkyl halides is 3. The first-order valence-corrected chi connectivity index (χ1v) is 24.0. The molecule has 11 nitrogen and oxygen atoms in total. The van der Waals surface area contributed by atoms with Gasteiger partial charge in [-0.15, -0.1) is 11.3 Å². The monoisotopic (exact) mass is 1110 g/mol. The zero-order chi connectivity index (χ0) is 51.2. The fraction of sp³-hybridized carbons (Fsp3) is 0.123. The molecule has 6 heterocycles. The predicted octanol–water partition coefficient (Wildman–Crippen LogP) is 13.8. The molecule has 0 saturated heterocycles. The molecule has 0 aliphatic rings. The number of carbonyl (C=O) groups excluding carboxylic acids is 2. The summed E-state index contributed by atoms with van der Waals surface area (Å²) in [5, 5.41) is 24.6. The fourth-order valence-corrected chi connectivity index (χ4v) is 9.10. The normalized spacial score (nSPS) is 10.6. The van der Waals surface area contributed by atoms with E-state index in [-0.39, 0.29) is 30.9 Å². The summed E-state index contributed by atoms with van der Waals surface area (Å²) in [7, 11) is 0. The van der Waals surface area contributed by atoms with Crippen LogP contribution in [0.3, 0.4) is 0 Å². The Kier molecular flexibility index (Phi) is 18.5. The number of thiophene rings is 1. The van der Waals surface area contributed by atoms with Crippen LogP contribution in [0.2, 0.25) is 0 Å². The molecule has 0 radical (unpaired) electrons. The van der Waals surface area contributed by atoms with E-state index in [2.05, 4.69) is 128 Å². The van der Waals surface area contributed by atoms with Crippen LogP contribution in [-0.4, -0.2) is 43.1 Å². The Morgan fingerprint density at radius 1 is 0.649 bits per heavy atom. The van der Waals surface area contributed by atoms with Gasteiger partial charge in [-0.25, -0.2) is 4.98 Å². The van der Waals surface area contributed by atoms with Crippen LogP contribution in [0.15, 0.2) is 151 Å². The summed E-state index contributed by atoms with van der Waals surface area (Å²) in [5.74, 6) is 7.14. The van der Waals surface area contributed by atoms with Crippen LogP contribution >= 0.6 is 23.6 Å². The quantitative estimate of drug-likeness (QED) is 0.0206. The van der Waals surface area contributed by atoms with Crippen LogP contribution in [0.1, 0.15) is 55.0 Å². The van der Waals surface area contributed by atoms with Crippen molar-refractivity contribution >= 4 is 74.0 Å². The third-order valence-electron chi connectivity index (χ3n) is 11.4. The summed E-state index contributed by atoms with van der Waals surface area (Å²) in [4.78, 5) is 40.8. The molecule has 368 valence electrons. The largest absolute Gasteiger partial charge is 2.00 e. The number of hydrogen-bond acceptors (Lipinski definition) is 11. The number of unbranched alkanes of at least 4 members (excludes halogenated alkanes) is 3. The van der Waals surface area contributed by atoms with E-state index in [1.165, 1.54) is 63.1 Å². The average Bonchev–Trinajstić information content (AvgIpc) is 4.13. The summed E-state index contributed by atoms with van der Waals surface area (Å²) in [6.45, 7) is 2.86. The Hall–Kier alpha value is -8.12. The molecule has 10 aromatic rings. The van der Waals surface area contributed by atoms with Gasteiger partial charge >= 0.3 is 25.7 Å². The molecule has 10 rings (SSSR count). The Morgan fingerprint density at radius 3 is 1.85 bits per heavy atom. The smallest absolute Gasteiger partial charge is 0.753 e. The minimum absolute atomic E-state index is 0. The molecule has 0 N–H and O–H groups in total. The van der Waals surface area contributed by atoms with Gasteiger partial charge in [-0.1, -0.05) is 111 Å². The van der Waals surface area contributed by atoms with E-state index >= 15 is 0 Å². The molecule has 0 aliphatic heterocycles. The Bertz CT molecular complexity index is 3660. The molecule has 4 aromatic carbocycles. The molecule has 0 aliphatic carbocycles. The first-order chi connectivity index (χ1) is 35.6. The maximum atomic E-state index is 12.7. The van der Waals surface area contributed by atoms with Crippen LogP contribution in [-0.2, 0) is 41.7 Å². The predicted molar refractivity (Wildman–Crippen MR) is 282 cm³/mol. The number of aromatic nitrogens is 6.